The highest BCUT2D eigenvalue weighted by atomic mass is 32.2. The summed E-state index contributed by atoms with van der Waals surface area (Å²) < 4.78 is 0. The van der Waals surface area contributed by atoms with Crippen molar-refractivity contribution < 1.29 is 0 Å². The van der Waals surface area contributed by atoms with E-state index >= 15 is 0 Å². The van der Waals surface area contributed by atoms with Gasteiger partial charge in [0.25, 0.3) is 0 Å². The van der Waals surface area contributed by atoms with Crippen molar-refractivity contribution in [3.05, 3.63) is 35.3 Å². The Kier molecular flexibility index (Phi) is 0.847. The van der Waals surface area contributed by atoms with Gasteiger partial charge in [0.05, 0.1) is 5.25 Å². The molecule has 0 aromatic rings. The molecule has 1 heterocycles. The number of allylic oxidation sites excluding steroid dienone is 3. The molecule has 2 rings (SSSR count). The Morgan fingerprint density at radius 1 is 1.50 bits per heavy atom. The molecule has 0 nitrogen and oxygen atoms in total. The summed E-state index contributed by atoms with van der Waals surface area (Å²) in [5, 5.41) is 2.81. The number of rotatable bonds is 0. The first-order valence-corrected chi connectivity index (χ1v) is 3.61. The summed E-state index contributed by atoms with van der Waals surface area (Å²) in [7, 11) is 0. The molecule has 1 aliphatic carbocycles. The van der Waals surface area contributed by atoms with Crippen LogP contribution in [0.4, 0.5) is 0 Å². The van der Waals surface area contributed by atoms with Gasteiger partial charge in [0.2, 0.25) is 0 Å². The van der Waals surface area contributed by atoms with Crippen molar-refractivity contribution in [2.75, 3.05) is 0 Å². The lowest BCUT2D eigenvalue weighted by molar-refractivity contribution is 1.39. The fourth-order valence-corrected chi connectivity index (χ4v) is 1.85. The second-order valence-corrected chi connectivity index (χ2v) is 2.96. The molecular formula is C7H6S. The quantitative estimate of drug-likeness (QED) is 0.474. The van der Waals surface area contributed by atoms with Gasteiger partial charge in [-0.05, 0) is 11.0 Å². The smallest absolute Gasteiger partial charge is 0.0521 e. The molecule has 1 aliphatic heterocycles. The van der Waals surface area contributed by atoms with Crippen LogP contribution in [0, 0.1) is 0 Å². The molecule has 0 N–H and O–H groups in total. The van der Waals surface area contributed by atoms with Crippen LogP contribution in [0.3, 0.4) is 0 Å². The summed E-state index contributed by atoms with van der Waals surface area (Å²) in [6, 6.07) is 0. The van der Waals surface area contributed by atoms with Crippen LogP contribution in [0.15, 0.2) is 35.3 Å². The van der Waals surface area contributed by atoms with Crippen molar-refractivity contribution in [2.45, 2.75) is 5.25 Å². The third kappa shape index (κ3) is 0.480. The van der Waals surface area contributed by atoms with Gasteiger partial charge in [-0.3, -0.25) is 0 Å². The molecule has 40 valence electrons. The molecular weight excluding hydrogens is 116 g/mol. The van der Waals surface area contributed by atoms with Gasteiger partial charge in [-0.25, -0.2) is 0 Å². The maximum Gasteiger partial charge on any atom is 0.0521 e. The molecule has 0 fully saturated rings. The molecule has 0 aromatic carbocycles. The molecule has 1 unspecified atom stereocenters. The highest BCUT2D eigenvalue weighted by Gasteiger charge is 2.15. The van der Waals surface area contributed by atoms with E-state index in [1.54, 1.807) is 0 Å². The summed E-state index contributed by atoms with van der Waals surface area (Å²) in [4.78, 5) is 0. The lowest BCUT2D eigenvalue weighted by Crippen LogP contribution is -1.88. The van der Waals surface area contributed by atoms with Gasteiger partial charge in [-0.1, -0.05) is 24.3 Å². The zero-order valence-electron chi connectivity index (χ0n) is 4.37. The van der Waals surface area contributed by atoms with Gasteiger partial charge < -0.3 is 0 Å². The summed E-state index contributed by atoms with van der Waals surface area (Å²) in [5.41, 5.74) is 1.45. The molecule has 8 heavy (non-hydrogen) atoms. The summed E-state index contributed by atoms with van der Waals surface area (Å²) >= 11 is 1.88. The summed E-state index contributed by atoms with van der Waals surface area (Å²) in [5.74, 6) is 0. The van der Waals surface area contributed by atoms with Crippen LogP contribution in [0.5, 0.6) is 0 Å². The zero-order valence-corrected chi connectivity index (χ0v) is 5.19. The average Bonchev–Trinajstić information content (AvgIpc) is 2.15. The summed E-state index contributed by atoms with van der Waals surface area (Å²) in [6.45, 7) is 0. The van der Waals surface area contributed by atoms with E-state index in [1.165, 1.54) is 5.57 Å². The van der Waals surface area contributed by atoms with Crippen molar-refractivity contribution in [1.29, 1.82) is 0 Å². The fourth-order valence-electron chi connectivity index (χ4n) is 0.950. The Labute approximate surface area is 53.0 Å². The second kappa shape index (κ2) is 1.52. The Hall–Kier alpha value is -0.430. The van der Waals surface area contributed by atoms with E-state index in [0.717, 1.165) is 0 Å². The molecule has 0 saturated heterocycles. The zero-order chi connectivity index (χ0) is 5.40. The van der Waals surface area contributed by atoms with Crippen molar-refractivity contribution in [1.82, 2.24) is 0 Å². The van der Waals surface area contributed by atoms with Crippen molar-refractivity contribution in [3.8, 4) is 0 Å². The maximum atomic E-state index is 2.22. The Morgan fingerprint density at radius 2 is 2.50 bits per heavy atom. The van der Waals surface area contributed by atoms with E-state index < -0.39 is 0 Å². The molecule has 0 saturated carbocycles. The fraction of sp³-hybridized carbons (Fsp3) is 0.143. The minimum absolute atomic E-state index is 0.662. The first-order chi connectivity index (χ1) is 3.97. The molecule has 0 radical (unpaired) electrons. The number of thioether (sulfide) groups is 1. The van der Waals surface area contributed by atoms with E-state index in [4.69, 9.17) is 0 Å². The molecule has 1 heteroatoms. The van der Waals surface area contributed by atoms with Crippen molar-refractivity contribution >= 4 is 11.8 Å². The number of fused-ring (bicyclic) bond motifs is 1. The van der Waals surface area contributed by atoms with Crippen LogP contribution >= 0.6 is 11.8 Å². The van der Waals surface area contributed by atoms with Crippen LogP contribution in [-0.2, 0) is 0 Å². The van der Waals surface area contributed by atoms with E-state index in [2.05, 4.69) is 29.7 Å². The van der Waals surface area contributed by atoms with Gasteiger partial charge in [0.15, 0.2) is 0 Å². The molecule has 0 amide bonds. The van der Waals surface area contributed by atoms with Gasteiger partial charge in [0.1, 0.15) is 0 Å². The van der Waals surface area contributed by atoms with Gasteiger partial charge in [-0.2, -0.15) is 0 Å². The largest absolute Gasteiger partial charge is 0.122 e. The second-order valence-electron chi connectivity index (χ2n) is 1.91. The van der Waals surface area contributed by atoms with Crippen LogP contribution in [0.2, 0.25) is 0 Å². The molecule has 2 aliphatic rings. The van der Waals surface area contributed by atoms with Crippen molar-refractivity contribution in [3.63, 3.8) is 0 Å². The van der Waals surface area contributed by atoms with E-state index in [0.29, 0.717) is 5.25 Å². The van der Waals surface area contributed by atoms with Gasteiger partial charge >= 0.3 is 0 Å². The predicted molar refractivity (Wildman–Crippen MR) is 37.7 cm³/mol. The SMILES string of the molecule is C1=CC2SC=CC2=C1. The minimum Gasteiger partial charge on any atom is -0.122 e. The normalized spacial score (nSPS) is 31.0. The number of hydrogen-bond acceptors (Lipinski definition) is 1. The predicted octanol–water partition coefficient (Wildman–Crippen LogP) is 2.11. The third-order valence-electron chi connectivity index (χ3n) is 1.39. The lowest BCUT2D eigenvalue weighted by atomic mass is 10.2. The topological polar surface area (TPSA) is 0 Å². The number of hydrogen-bond donors (Lipinski definition) is 0. The van der Waals surface area contributed by atoms with Crippen LogP contribution in [0.25, 0.3) is 0 Å². The molecule has 1 atom stereocenters. The first kappa shape index (κ1) is 4.45. The first-order valence-electron chi connectivity index (χ1n) is 2.67. The Balaban J connectivity index is 2.39. The monoisotopic (exact) mass is 122 g/mol. The highest BCUT2D eigenvalue weighted by Crippen LogP contribution is 2.32. The van der Waals surface area contributed by atoms with E-state index in [1.807, 2.05) is 11.8 Å². The van der Waals surface area contributed by atoms with Crippen LogP contribution in [-0.4, -0.2) is 5.25 Å². The highest BCUT2D eigenvalue weighted by molar-refractivity contribution is 8.03. The summed E-state index contributed by atoms with van der Waals surface area (Å²) in [6.07, 6.45) is 8.69. The van der Waals surface area contributed by atoms with E-state index in [-0.39, 0.29) is 0 Å². The Morgan fingerprint density at radius 3 is 3.38 bits per heavy atom. The maximum absolute atomic E-state index is 2.22. The third-order valence-corrected chi connectivity index (χ3v) is 2.40. The molecule has 0 aromatic heterocycles. The van der Waals surface area contributed by atoms with Crippen LogP contribution in [0.1, 0.15) is 0 Å². The van der Waals surface area contributed by atoms with Crippen LogP contribution < -0.4 is 0 Å². The molecule has 0 spiro atoms. The van der Waals surface area contributed by atoms with E-state index in [9.17, 15) is 0 Å². The van der Waals surface area contributed by atoms with Gasteiger partial charge in [0, 0.05) is 0 Å². The Bertz CT molecular complexity index is 187. The molecule has 0 bridgehead atoms. The lowest BCUT2D eigenvalue weighted by Gasteiger charge is -1.95. The van der Waals surface area contributed by atoms with Crippen molar-refractivity contribution in [2.24, 2.45) is 0 Å². The minimum atomic E-state index is 0.662. The standard InChI is InChI=1S/C7H6S/c1-2-6-4-5-8-7(6)3-1/h1-5,7H. The average molecular weight is 122 g/mol. The van der Waals surface area contributed by atoms with Gasteiger partial charge in [-0.15, -0.1) is 11.8 Å².